The van der Waals surface area contributed by atoms with Crippen LogP contribution in [0.25, 0.3) is 0 Å². The Morgan fingerprint density at radius 2 is 1.83 bits per heavy atom. The number of carboxylic acid groups (broad SMARTS) is 1. The van der Waals surface area contributed by atoms with E-state index in [0.717, 1.165) is 18.4 Å². The maximum absolute atomic E-state index is 11.7. The molecule has 0 unspecified atom stereocenters. The number of nitrogens with one attached hydrogen (secondary N) is 2. The summed E-state index contributed by atoms with van der Waals surface area (Å²) < 4.78 is 0. The molecular weight excluding hydrogens is 296 g/mol. The monoisotopic (exact) mass is 320 g/mol. The molecule has 0 saturated carbocycles. The number of amides is 2. The van der Waals surface area contributed by atoms with Crippen LogP contribution >= 0.6 is 0 Å². The van der Waals surface area contributed by atoms with Crippen molar-refractivity contribution < 1.29 is 19.5 Å². The van der Waals surface area contributed by atoms with Gasteiger partial charge in [-0.25, -0.2) is 4.79 Å². The van der Waals surface area contributed by atoms with E-state index in [4.69, 9.17) is 5.11 Å². The van der Waals surface area contributed by atoms with E-state index in [1.807, 2.05) is 37.3 Å². The van der Waals surface area contributed by atoms with Gasteiger partial charge in [0.1, 0.15) is 6.04 Å². The summed E-state index contributed by atoms with van der Waals surface area (Å²) in [5.41, 5.74) is 0.903. The van der Waals surface area contributed by atoms with Gasteiger partial charge in [0.2, 0.25) is 11.8 Å². The topological polar surface area (TPSA) is 95.5 Å². The SMILES string of the molecule is CCCC[C@H](NC(=O)CCNC(=O)Cc1ccccc1)C(=O)O. The highest BCUT2D eigenvalue weighted by Gasteiger charge is 2.18. The Morgan fingerprint density at radius 3 is 2.43 bits per heavy atom. The lowest BCUT2D eigenvalue weighted by Gasteiger charge is -2.14. The highest BCUT2D eigenvalue weighted by molar-refractivity contribution is 5.84. The zero-order valence-corrected chi connectivity index (χ0v) is 13.4. The first-order valence-corrected chi connectivity index (χ1v) is 7.85. The number of carbonyl (C=O) groups is 3. The van der Waals surface area contributed by atoms with Crippen LogP contribution in [0, 0.1) is 0 Å². The molecule has 1 rings (SSSR count). The summed E-state index contributed by atoms with van der Waals surface area (Å²) >= 11 is 0. The van der Waals surface area contributed by atoms with Crippen molar-refractivity contribution in [1.29, 1.82) is 0 Å². The van der Waals surface area contributed by atoms with E-state index < -0.39 is 12.0 Å². The maximum Gasteiger partial charge on any atom is 0.326 e. The van der Waals surface area contributed by atoms with E-state index in [0.29, 0.717) is 6.42 Å². The highest BCUT2D eigenvalue weighted by Crippen LogP contribution is 2.01. The zero-order chi connectivity index (χ0) is 17.1. The molecule has 6 nitrogen and oxygen atoms in total. The van der Waals surface area contributed by atoms with Crippen LogP contribution in [0.5, 0.6) is 0 Å². The lowest BCUT2D eigenvalue weighted by Crippen LogP contribution is -2.42. The molecule has 3 N–H and O–H groups in total. The van der Waals surface area contributed by atoms with Crippen LogP contribution in [-0.2, 0) is 20.8 Å². The van der Waals surface area contributed by atoms with Gasteiger partial charge in [-0.1, -0.05) is 50.1 Å². The summed E-state index contributed by atoms with van der Waals surface area (Å²) in [5.74, 6) is -1.56. The standard InChI is InChI=1S/C17H24N2O4/c1-2-3-9-14(17(22)23)19-15(20)10-11-18-16(21)12-13-7-5-4-6-8-13/h4-8,14H,2-3,9-12H2,1H3,(H,18,21)(H,19,20)(H,22,23)/t14-/m0/s1. The summed E-state index contributed by atoms with van der Waals surface area (Å²) in [7, 11) is 0. The number of rotatable bonds is 10. The zero-order valence-electron chi connectivity index (χ0n) is 13.4. The van der Waals surface area contributed by atoms with Gasteiger partial charge >= 0.3 is 5.97 Å². The fourth-order valence-corrected chi connectivity index (χ4v) is 2.09. The van der Waals surface area contributed by atoms with E-state index >= 15 is 0 Å². The molecule has 1 atom stereocenters. The minimum atomic E-state index is -1.03. The molecule has 126 valence electrons. The van der Waals surface area contributed by atoms with Crippen molar-refractivity contribution in [2.45, 2.75) is 45.1 Å². The van der Waals surface area contributed by atoms with Crippen molar-refractivity contribution in [2.75, 3.05) is 6.54 Å². The van der Waals surface area contributed by atoms with Crippen LogP contribution in [0.4, 0.5) is 0 Å². The van der Waals surface area contributed by atoms with Crippen LogP contribution in [0.1, 0.15) is 38.2 Å². The molecule has 2 amide bonds. The van der Waals surface area contributed by atoms with Crippen LogP contribution < -0.4 is 10.6 Å². The second-order valence-electron chi connectivity index (χ2n) is 5.36. The molecule has 1 aromatic carbocycles. The third-order valence-corrected chi connectivity index (χ3v) is 3.36. The van der Waals surface area contributed by atoms with Crippen LogP contribution in [0.15, 0.2) is 30.3 Å². The molecular formula is C17H24N2O4. The fraction of sp³-hybridized carbons (Fsp3) is 0.471. The fourth-order valence-electron chi connectivity index (χ4n) is 2.09. The van der Waals surface area contributed by atoms with Crippen molar-refractivity contribution >= 4 is 17.8 Å². The van der Waals surface area contributed by atoms with Gasteiger partial charge in [0.15, 0.2) is 0 Å². The summed E-state index contributed by atoms with van der Waals surface area (Å²) in [6.07, 6.45) is 2.35. The number of carboxylic acids is 1. The molecule has 0 fully saturated rings. The van der Waals surface area contributed by atoms with Crippen LogP contribution in [0.3, 0.4) is 0 Å². The van der Waals surface area contributed by atoms with Crippen molar-refractivity contribution in [3.05, 3.63) is 35.9 Å². The number of unbranched alkanes of at least 4 members (excludes halogenated alkanes) is 1. The van der Waals surface area contributed by atoms with Gasteiger partial charge in [-0.3, -0.25) is 9.59 Å². The molecule has 0 bridgehead atoms. The Morgan fingerprint density at radius 1 is 1.13 bits per heavy atom. The third-order valence-electron chi connectivity index (χ3n) is 3.36. The smallest absolute Gasteiger partial charge is 0.326 e. The number of carbonyl (C=O) groups excluding carboxylic acids is 2. The molecule has 1 aromatic rings. The maximum atomic E-state index is 11.7. The van der Waals surface area contributed by atoms with Gasteiger partial charge in [0.25, 0.3) is 0 Å². The van der Waals surface area contributed by atoms with Gasteiger partial charge in [-0.05, 0) is 12.0 Å². The number of benzene rings is 1. The second kappa shape index (κ2) is 10.4. The number of hydrogen-bond donors (Lipinski definition) is 3. The molecule has 0 aliphatic rings. The Hall–Kier alpha value is -2.37. The first kappa shape index (κ1) is 18.7. The summed E-state index contributed by atoms with van der Waals surface area (Å²) in [5, 5.41) is 14.2. The quantitative estimate of drug-likeness (QED) is 0.609. The van der Waals surface area contributed by atoms with Gasteiger partial charge < -0.3 is 15.7 Å². The summed E-state index contributed by atoms with van der Waals surface area (Å²) in [4.78, 5) is 34.5. The number of hydrogen-bond acceptors (Lipinski definition) is 3. The van der Waals surface area contributed by atoms with Crippen molar-refractivity contribution in [3.8, 4) is 0 Å². The summed E-state index contributed by atoms with van der Waals surface area (Å²) in [6.45, 7) is 2.15. The van der Waals surface area contributed by atoms with Crippen LogP contribution in [-0.4, -0.2) is 35.5 Å². The predicted octanol–water partition coefficient (Wildman–Crippen LogP) is 1.49. The first-order chi connectivity index (χ1) is 11.0. The second-order valence-corrected chi connectivity index (χ2v) is 5.36. The Kier molecular flexibility index (Phi) is 8.42. The Labute approximate surface area is 136 Å². The molecule has 0 radical (unpaired) electrons. The lowest BCUT2D eigenvalue weighted by atomic mass is 10.1. The Balaban J connectivity index is 2.27. The van der Waals surface area contributed by atoms with Gasteiger partial charge in [0.05, 0.1) is 6.42 Å². The van der Waals surface area contributed by atoms with E-state index in [2.05, 4.69) is 10.6 Å². The molecule has 0 aromatic heterocycles. The average molecular weight is 320 g/mol. The molecule has 0 aliphatic heterocycles. The molecule has 0 heterocycles. The van der Waals surface area contributed by atoms with E-state index in [1.54, 1.807) is 0 Å². The minimum absolute atomic E-state index is 0.0659. The minimum Gasteiger partial charge on any atom is -0.480 e. The van der Waals surface area contributed by atoms with Crippen LogP contribution in [0.2, 0.25) is 0 Å². The average Bonchev–Trinajstić information content (AvgIpc) is 2.52. The van der Waals surface area contributed by atoms with Gasteiger partial charge in [0, 0.05) is 13.0 Å². The van der Waals surface area contributed by atoms with E-state index in [1.165, 1.54) is 0 Å². The van der Waals surface area contributed by atoms with Gasteiger partial charge in [-0.15, -0.1) is 0 Å². The van der Waals surface area contributed by atoms with E-state index in [-0.39, 0.29) is 31.2 Å². The molecule has 23 heavy (non-hydrogen) atoms. The molecule has 0 saturated heterocycles. The van der Waals surface area contributed by atoms with Crippen molar-refractivity contribution in [3.63, 3.8) is 0 Å². The first-order valence-electron chi connectivity index (χ1n) is 7.85. The highest BCUT2D eigenvalue weighted by atomic mass is 16.4. The molecule has 0 aliphatic carbocycles. The predicted molar refractivity (Wildman–Crippen MR) is 86.9 cm³/mol. The van der Waals surface area contributed by atoms with Crippen molar-refractivity contribution in [2.24, 2.45) is 0 Å². The summed E-state index contributed by atoms with van der Waals surface area (Å²) in [6, 6.07) is 8.46. The normalized spacial score (nSPS) is 11.5. The van der Waals surface area contributed by atoms with E-state index in [9.17, 15) is 14.4 Å². The van der Waals surface area contributed by atoms with Gasteiger partial charge in [-0.2, -0.15) is 0 Å². The van der Waals surface area contributed by atoms with Crippen molar-refractivity contribution in [1.82, 2.24) is 10.6 Å². The third kappa shape index (κ3) is 7.99. The number of aliphatic carboxylic acids is 1. The molecule has 6 heteroatoms. The largest absolute Gasteiger partial charge is 0.480 e. The Bertz CT molecular complexity index is 517. The molecule has 0 spiro atoms. The lowest BCUT2D eigenvalue weighted by molar-refractivity contribution is -0.142.